The second-order valence-electron chi connectivity index (χ2n) is 2.31. The third-order valence-electron chi connectivity index (χ3n) is 1.52. The summed E-state index contributed by atoms with van der Waals surface area (Å²) in [7, 11) is 0. The van der Waals surface area contributed by atoms with Crippen LogP contribution in [-0.2, 0) is 0 Å². The first kappa shape index (κ1) is 8.92. The van der Waals surface area contributed by atoms with Crippen molar-refractivity contribution in [1.29, 1.82) is 0 Å². The molecule has 0 aromatic carbocycles. The van der Waals surface area contributed by atoms with Gasteiger partial charge in [0.25, 0.3) is 0 Å². The summed E-state index contributed by atoms with van der Waals surface area (Å²) in [5.41, 5.74) is 7.20. The van der Waals surface area contributed by atoms with Crippen molar-refractivity contribution in [3.05, 3.63) is 17.8 Å². The van der Waals surface area contributed by atoms with E-state index in [1.165, 1.54) is 4.52 Å². The van der Waals surface area contributed by atoms with Gasteiger partial charge in [0, 0.05) is 6.20 Å². The molecule has 2 aromatic rings. The quantitative estimate of drug-likeness (QED) is 0.719. The minimum absolute atomic E-state index is 0. The van der Waals surface area contributed by atoms with Crippen molar-refractivity contribution in [1.82, 2.24) is 19.8 Å². The zero-order chi connectivity index (χ0) is 7.84. The van der Waals surface area contributed by atoms with Gasteiger partial charge in [0.2, 0.25) is 5.95 Å². The summed E-state index contributed by atoms with van der Waals surface area (Å²) < 4.78 is 1.51. The molecule has 0 atom stereocenters. The number of anilines is 1. The summed E-state index contributed by atoms with van der Waals surface area (Å²) in [5.74, 6) is 0.323. The maximum atomic E-state index is 5.47. The lowest BCUT2D eigenvalue weighted by atomic mass is 10.3. The molecule has 0 unspecified atom stereocenters. The van der Waals surface area contributed by atoms with Crippen LogP contribution < -0.4 is 5.73 Å². The van der Waals surface area contributed by atoms with Crippen LogP contribution >= 0.6 is 17.0 Å². The molecular weight excluding hydrogens is 222 g/mol. The largest absolute Gasteiger partial charge is 0.366 e. The fourth-order valence-electron chi connectivity index (χ4n) is 0.938. The fraction of sp³-hybridized carbons (Fsp3) is 0.167. The van der Waals surface area contributed by atoms with Crippen LogP contribution in [0.5, 0.6) is 0 Å². The van der Waals surface area contributed by atoms with Gasteiger partial charge in [-0.3, -0.25) is 0 Å². The molecule has 5 nitrogen and oxygen atoms in total. The molecule has 2 N–H and O–H groups in total. The summed E-state index contributed by atoms with van der Waals surface area (Å²) in [5, 5.41) is 11.5. The Kier molecular flexibility index (Phi) is 2.27. The second-order valence-corrected chi connectivity index (χ2v) is 2.31. The van der Waals surface area contributed by atoms with E-state index in [2.05, 4.69) is 15.3 Å². The number of hydrogen-bond donors (Lipinski definition) is 1. The van der Waals surface area contributed by atoms with Gasteiger partial charge in [0.15, 0.2) is 5.65 Å². The highest BCUT2D eigenvalue weighted by Gasteiger charge is 2.02. The summed E-state index contributed by atoms with van der Waals surface area (Å²) in [6.07, 6.45) is 1.67. The van der Waals surface area contributed by atoms with Gasteiger partial charge in [-0.15, -0.1) is 27.2 Å². The van der Waals surface area contributed by atoms with Crippen molar-refractivity contribution in [2.24, 2.45) is 0 Å². The molecule has 0 saturated heterocycles. The van der Waals surface area contributed by atoms with Crippen molar-refractivity contribution >= 4 is 28.6 Å². The van der Waals surface area contributed by atoms with Gasteiger partial charge in [-0.2, -0.15) is 9.61 Å². The van der Waals surface area contributed by atoms with Crippen molar-refractivity contribution in [2.45, 2.75) is 6.92 Å². The second kappa shape index (κ2) is 3.06. The maximum Gasteiger partial charge on any atom is 0.243 e. The van der Waals surface area contributed by atoms with E-state index in [1.54, 1.807) is 6.20 Å². The Bertz CT molecular complexity index is 396. The maximum absolute atomic E-state index is 5.47. The predicted octanol–water partition coefficient (Wildman–Crippen LogP) is 0.593. The Balaban J connectivity index is 0.000000720. The zero-order valence-corrected chi connectivity index (χ0v) is 8.14. The van der Waals surface area contributed by atoms with Crippen LogP contribution in [0.2, 0.25) is 0 Å². The fourth-order valence-corrected chi connectivity index (χ4v) is 0.938. The van der Waals surface area contributed by atoms with Crippen molar-refractivity contribution in [3.8, 4) is 0 Å². The number of nitrogens with two attached hydrogens (primary N) is 1. The monoisotopic (exact) mass is 229 g/mol. The molecule has 0 amide bonds. The minimum atomic E-state index is 0. The van der Waals surface area contributed by atoms with E-state index in [9.17, 15) is 0 Å². The van der Waals surface area contributed by atoms with E-state index in [0.29, 0.717) is 11.6 Å². The van der Waals surface area contributed by atoms with Crippen molar-refractivity contribution < 1.29 is 0 Å². The molecule has 0 bridgehead atoms. The molecule has 0 aliphatic carbocycles. The van der Waals surface area contributed by atoms with Crippen molar-refractivity contribution in [2.75, 3.05) is 5.73 Å². The van der Waals surface area contributed by atoms with E-state index >= 15 is 0 Å². The van der Waals surface area contributed by atoms with E-state index in [4.69, 9.17) is 5.73 Å². The third kappa shape index (κ3) is 1.14. The lowest BCUT2D eigenvalue weighted by molar-refractivity contribution is 0.933. The number of aromatic nitrogens is 4. The molecule has 0 aliphatic rings. The molecule has 0 saturated carbocycles. The van der Waals surface area contributed by atoms with Gasteiger partial charge >= 0.3 is 0 Å². The molecule has 0 radical (unpaired) electrons. The van der Waals surface area contributed by atoms with Gasteiger partial charge in [-0.25, -0.2) is 0 Å². The predicted molar refractivity (Wildman–Crippen MR) is 50.3 cm³/mol. The summed E-state index contributed by atoms with van der Waals surface area (Å²) in [6.45, 7) is 1.94. The molecule has 2 aromatic heterocycles. The van der Waals surface area contributed by atoms with E-state index in [1.807, 2.05) is 13.0 Å². The van der Waals surface area contributed by atoms with Crippen LogP contribution in [0, 0.1) is 6.92 Å². The van der Waals surface area contributed by atoms with Crippen LogP contribution in [0.3, 0.4) is 0 Å². The van der Waals surface area contributed by atoms with Gasteiger partial charge < -0.3 is 5.73 Å². The Morgan fingerprint density at radius 2 is 2.17 bits per heavy atom. The summed E-state index contributed by atoms with van der Waals surface area (Å²) in [6, 6.07) is 1.86. The molecule has 6 heteroatoms. The lowest BCUT2D eigenvalue weighted by Crippen LogP contribution is -1.98. The van der Waals surface area contributed by atoms with E-state index in [0.717, 1.165) is 5.56 Å². The molecule has 0 aliphatic heterocycles. The number of nitrogens with zero attached hydrogens (tertiary/aromatic N) is 4. The molecular formula is C6H8BrN5. The zero-order valence-electron chi connectivity index (χ0n) is 6.43. The number of hydrogen-bond acceptors (Lipinski definition) is 4. The van der Waals surface area contributed by atoms with Crippen LogP contribution in [0.4, 0.5) is 5.95 Å². The molecule has 64 valence electrons. The van der Waals surface area contributed by atoms with Gasteiger partial charge in [0.05, 0.1) is 0 Å². The van der Waals surface area contributed by atoms with Crippen LogP contribution in [0.1, 0.15) is 5.56 Å². The topological polar surface area (TPSA) is 69.1 Å². The molecule has 0 fully saturated rings. The highest BCUT2D eigenvalue weighted by Crippen LogP contribution is 2.06. The first-order valence-electron chi connectivity index (χ1n) is 3.21. The molecule has 12 heavy (non-hydrogen) atoms. The number of halogens is 1. The summed E-state index contributed by atoms with van der Waals surface area (Å²) in [4.78, 5) is 0. The molecule has 0 spiro atoms. The smallest absolute Gasteiger partial charge is 0.243 e. The van der Waals surface area contributed by atoms with E-state index in [-0.39, 0.29) is 17.0 Å². The standard InChI is InChI=1S/C6H7N5.BrH/c1-4-2-3-8-11-5(4)9-10-6(11)7;/h2-3H,1H3,(H2,7,10);1H. The van der Waals surface area contributed by atoms with Crippen molar-refractivity contribution in [3.63, 3.8) is 0 Å². The highest BCUT2D eigenvalue weighted by molar-refractivity contribution is 8.93. The van der Waals surface area contributed by atoms with Crippen LogP contribution in [0.15, 0.2) is 12.3 Å². The Hall–Kier alpha value is -1.17. The molecule has 2 rings (SSSR count). The van der Waals surface area contributed by atoms with E-state index < -0.39 is 0 Å². The number of rotatable bonds is 0. The normalized spacial score (nSPS) is 9.75. The first-order valence-corrected chi connectivity index (χ1v) is 3.21. The lowest BCUT2D eigenvalue weighted by Gasteiger charge is -1.93. The minimum Gasteiger partial charge on any atom is -0.366 e. The number of aryl methyl sites for hydroxylation is 1. The Labute approximate surface area is 79.4 Å². The highest BCUT2D eigenvalue weighted by atomic mass is 79.9. The average molecular weight is 230 g/mol. The van der Waals surface area contributed by atoms with Crippen LogP contribution in [-0.4, -0.2) is 19.8 Å². The first-order chi connectivity index (χ1) is 5.29. The van der Waals surface area contributed by atoms with Crippen LogP contribution in [0.25, 0.3) is 5.65 Å². The van der Waals surface area contributed by atoms with Gasteiger partial charge in [-0.1, -0.05) is 0 Å². The Morgan fingerprint density at radius 1 is 1.42 bits per heavy atom. The SMILES string of the molecule is Br.Cc1ccnn2c(N)nnc12. The average Bonchev–Trinajstić information content (AvgIpc) is 2.35. The number of fused-ring (bicyclic) bond motifs is 1. The third-order valence-corrected chi connectivity index (χ3v) is 1.52. The molecule has 2 heterocycles. The van der Waals surface area contributed by atoms with Gasteiger partial charge in [-0.05, 0) is 18.6 Å². The van der Waals surface area contributed by atoms with Gasteiger partial charge in [0.1, 0.15) is 0 Å². The summed E-state index contributed by atoms with van der Waals surface area (Å²) >= 11 is 0. The number of nitrogen functional groups attached to an aromatic ring is 1. The Morgan fingerprint density at radius 3 is 2.83 bits per heavy atom.